The first kappa shape index (κ1) is 17.1. The van der Waals surface area contributed by atoms with Crippen molar-refractivity contribution in [3.8, 4) is 0 Å². The highest BCUT2D eigenvalue weighted by Crippen LogP contribution is 2.31. The van der Waals surface area contributed by atoms with E-state index in [9.17, 15) is 8.78 Å². The van der Waals surface area contributed by atoms with Crippen molar-refractivity contribution in [1.82, 2.24) is 5.32 Å². The monoisotopic (exact) mass is 283 g/mol. The smallest absolute Gasteiger partial charge is 0.130 e. The van der Waals surface area contributed by atoms with Crippen molar-refractivity contribution < 1.29 is 8.78 Å². The van der Waals surface area contributed by atoms with Crippen LogP contribution in [0.25, 0.3) is 0 Å². The van der Waals surface area contributed by atoms with E-state index in [2.05, 4.69) is 33.0 Å². The summed E-state index contributed by atoms with van der Waals surface area (Å²) in [6.45, 7) is 11.6. The topological polar surface area (TPSA) is 12.0 Å². The molecule has 1 nitrogen and oxygen atoms in total. The standard InChI is InChI=1S/C17H27F2N/c1-6-20-16(9-12(2)11-17(3,4)5)14-8-7-13(18)10-15(14)19/h7-8,10,12,16,20H,6,9,11H2,1-5H3. The molecule has 1 rings (SSSR count). The van der Waals surface area contributed by atoms with Crippen molar-refractivity contribution in [3.05, 3.63) is 35.4 Å². The molecule has 0 heterocycles. The zero-order chi connectivity index (χ0) is 15.3. The van der Waals surface area contributed by atoms with Crippen LogP contribution in [0.3, 0.4) is 0 Å². The van der Waals surface area contributed by atoms with Crippen LogP contribution in [0.4, 0.5) is 8.78 Å². The van der Waals surface area contributed by atoms with Gasteiger partial charge in [0.1, 0.15) is 11.6 Å². The molecule has 0 spiro atoms. The second-order valence-corrected chi connectivity index (χ2v) is 6.88. The van der Waals surface area contributed by atoms with Gasteiger partial charge in [-0.05, 0) is 36.8 Å². The van der Waals surface area contributed by atoms with Crippen LogP contribution in [0.5, 0.6) is 0 Å². The Labute approximate surface area is 121 Å². The first-order valence-corrected chi connectivity index (χ1v) is 7.41. The number of benzene rings is 1. The van der Waals surface area contributed by atoms with E-state index in [1.165, 1.54) is 6.07 Å². The van der Waals surface area contributed by atoms with Crippen LogP contribution in [0, 0.1) is 23.0 Å². The molecular formula is C17H27F2N. The Hall–Kier alpha value is -0.960. The van der Waals surface area contributed by atoms with Gasteiger partial charge in [-0.2, -0.15) is 0 Å². The summed E-state index contributed by atoms with van der Waals surface area (Å²) in [5.41, 5.74) is 0.825. The average Bonchev–Trinajstić information content (AvgIpc) is 2.25. The minimum Gasteiger partial charge on any atom is -0.310 e. The number of rotatable bonds is 6. The molecule has 0 radical (unpaired) electrons. The SMILES string of the molecule is CCNC(CC(C)CC(C)(C)C)c1ccc(F)cc1F. The van der Waals surface area contributed by atoms with Gasteiger partial charge in [0, 0.05) is 17.7 Å². The van der Waals surface area contributed by atoms with Crippen molar-refractivity contribution in [1.29, 1.82) is 0 Å². The molecule has 0 amide bonds. The van der Waals surface area contributed by atoms with Gasteiger partial charge >= 0.3 is 0 Å². The third-order valence-electron chi connectivity index (χ3n) is 3.39. The second-order valence-electron chi connectivity index (χ2n) is 6.88. The molecule has 0 saturated carbocycles. The summed E-state index contributed by atoms with van der Waals surface area (Å²) < 4.78 is 27.0. The molecule has 114 valence electrons. The van der Waals surface area contributed by atoms with Gasteiger partial charge < -0.3 is 5.32 Å². The Morgan fingerprint density at radius 2 is 1.85 bits per heavy atom. The van der Waals surface area contributed by atoms with Gasteiger partial charge in [0.15, 0.2) is 0 Å². The van der Waals surface area contributed by atoms with Crippen LogP contribution in [-0.2, 0) is 0 Å². The van der Waals surface area contributed by atoms with Crippen LogP contribution in [0.15, 0.2) is 18.2 Å². The zero-order valence-electron chi connectivity index (χ0n) is 13.3. The fourth-order valence-corrected chi connectivity index (χ4v) is 2.88. The maximum atomic E-state index is 13.9. The summed E-state index contributed by atoms with van der Waals surface area (Å²) in [6, 6.07) is 3.80. The Morgan fingerprint density at radius 1 is 1.20 bits per heavy atom. The van der Waals surface area contributed by atoms with Gasteiger partial charge in [0.05, 0.1) is 0 Å². The Morgan fingerprint density at radius 3 is 2.35 bits per heavy atom. The summed E-state index contributed by atoms with van der Waals surface area (Å²) in [5, 5.41) is 3.31. The molecule has 0 saturated heterocycles. The molecule has 0 fully saturated rings. The fourth-order valence-electron chi connectivity index (χ4n) is 2.88. The summed E-state index contributed by atoms with van der Waals surface area (Å²) in [7, 11) is 0. The second kappa shape index (κ2) is 7.16. The van der Waals surface area contributed by atoms with Crippen LogP contribution < -0.4 is 5.32 Å². The largest absolute Gasteiger partial charge is 0.310 e. The predicted octanol–water partition coefficient (Wildman–Crippen LogP) is 5.08. The molecule has 2 unspecified atom stereocenters. The first-order valence-electron chi connectivity index (χ1n) is 7.41. The molecule has 20 heavy (non-hydrogen) atoms. The predicted molar refractivity (Wildman–Crippen MR) is 80.6 cm³/mol. The van der Waals surface area contributed by atoms with Gasteiger partial charge in [-0.3, -0.25) is 0 Å². The van der Waals surface area contributed by atoms with Crippen LogP contribution in [-0.4, -0.2) is 6.54 Å². The van der Waals surface area contributed by atoms with Gasteiger partial charge in [0.2, 0.25) is 0 Å². The first-order chi connectivity index (χ1) is 9.23. The van der Waals surface area contributed by atoms with Crippen LogP contribution >= 0.6 is 0 Å². The molecule has 1 aromatic carbocycles. The summed E-state index contributed by atoms with van der Waals surface area (Å²) in [6.07, 6.45) is 1.94. The van der Waals surface area contributed by atoms with Gasteiger partial charge in [-0.15, -0.1) is 0 Å². The quantitative estimate of drug-likeness (QED) is 0.768. The fraction of sp³-hybridized carbons (Fsp3) is 0.647. The molecule has 1 aromatic rings. The van der Waals surface area contributed by atoms with Crippen molar-refractivity contribution in [3.63, 3.8) is 0 Å². The molecule has 0 aromatic heterocycles. The van der Waals surface area contributed by atoms with E-state index in [0.717, 1.165) is 25.5 Å². The third kappa shape index (κ3) is 5.58. The normalized spacial score (nSPS) is 15.2. The van der Waals surface area contributed by atoms with Crippen LogP contribution in [0.1, 0.15) is 59.1 Å². The summed E-state index contributed by atoms with van der Waals surface area (Å²) in [4.78, 5) is 0. The van der Waals surface area contributed by atoms with Crippen molar-refractivity contribution in [2.45, 2.75) is 53.5 Å². The highest BCUT2D eigenvalue weighted by atomic mass is 19.1. The van der Waals surface area contributed by atoms with Crippen LogP contribution in [0.2, 0.25) is 0 Å². The minimum atomic E-state index is -0.524. The van der Waals surface area contributed by atoms with Crippen molar-refractivity contribution in [2.24, 2.45) is 11.3 Å². The Bertz CT molecular complexity index is 423. The van der Waals surface area contributed by atoms with Gasteiger partial charge in [-0.1, -0.05) is 40.7 Å². The maximum absolute atomic E-state index is 13.9. The molecule has 0 aliphatic heterocycles. The lowest BCUT2D eigenvalue weighted by molar-refractivity contribution is 0.275. The highest BCUT2D eigenvalue weighted by molar-refractivity contribution is 5.22. The van der Waals surface area contributed by atoms with Crippen molar-refractivity contribution in [2.75, 3.05) is 6.54 Å². The maximum Gasteiger partial charge on any atom is 0.130 e. The van der Waals surface area contributed by atoms with E-state index in [-0.39, 0.29) is 11.5 Å². The van der Waals surface area contributed by atoms with E-state index in [1.54, 1.807) is 6.07 Å². The van der Waals surface area contributed by atoms with E-state index < -0.39 is 11.6 Å². The molecule has 0 aliphatic carbocycles. The molecular weight excluding hydrogens is 256 g/mol. The van der Waals surface area contributed by atoms with Crippen molar-refractivity contribution >= 4 is 0 Å². The molecule has 0 aliphatic rings. The lowest BCUT2D eigenvalue weighted by atomic mass is 9.82. The lowest BCUT2D eigenvalue weighted by Gasteiger charge is -2.27. The zero-order valence-corrected chi connectivity index (χ0v) is 13.3. The van der Waals surface area contributed by atoms with E-state index >= 15 is 0 Å². The summed E-state index contributed by atoms with van der Waals surface area (Å²) in [5.74, 6) is -0.508. The number of halogens is 2. The lowest BCUT2D eigenvalue weighted by Crippen LogP contribution is -2.25. The number of hydrogen-bond donors (Lipinski definition) is 1. The molecule has 2 atom stereocenters. The minimum absolute atomic E-state index is 0.0575. The average molecular weight is 283 g/mol. The number of hydrogen-bond acceptors (Lipinski definition) is 1. The van der Waals surface area contributed by atoms with Gasteiger partial charge in [-0.25, -0.2) is 8.78 Å². The Balaban J connectivity index is 2.83. The third-order valence-corrected chi connectivity index (χ3v) is 3.39. The molecule has 3 heteroatoms. The summed E-state index contributed by atoms with van der Waals surface area (Å²) >= 11 is 0. The Kier molecular flexibility index (Phi) is 6.12. The highest BCUT2D eigenvalue weighted by Gasteiger charge is 2.21. The van der Waals surface area contributed by atoms with E-state index in [4.69, 9.17) is 0 Å². The molecule has 0 bridgehead atoms. The van der Waals surface area contributed by atoms with Gasteiger partial charge in [0.25, 0.3) is 0 Å². The molecule has 1 N–H and O–H groups in total. The van der Waals surface area contributed by atoms with E-state index in [1.807, 2.05) is 6.92 Å². The van der Waals surface area contributed by atoms with E-state index in [0.29, 0.717) is 11.5 Å². The number of nitrogens with one attached hydrogen (secondary N) is 1.